The minimum absolute atomic E-state index is 0.213. The number of hydrogen-bond acceptors (Lipinski definition) is 5. The van der Waals surface area contributed by atoms with Gasteiger partial charge in [0.2, 0.25) is 5.82 Å². The lowest BCUT2D eigenvalue weighted by molar-refractivity contribution is -0.145. The summed E-state index contributed by atoms with van der Waals surface area (Å²) >= 11 is 0. The molecule has 0 radical (unpaired) electrons. The average Bonchev–Trinajstić information content (AvgIpc) is 2.61. The lowest BCUT2D eigenvalue weighted by atomic mass is 10.1. The average molecular weight is 361 g/mol. The van der Waals surface area contributed by atoms with Crippen molar-refractivity contribution in [2.24, 2.45) is 0 Å². The Kier molecular flexibility index (Phi) is 3.95. The predicted octanol–water partition coefficient (Wildman–Crippen LogP) is 2.29. The number of hydrogen-bond donors (Lipinski definition) is 1. The van der Waals surface area contributed by atoms with Crippen LogP contribution >= 0.6 is 0 Å². The van der Waals surface area contributed by atoms with Crippen molar-refractivity contribution in [1.82, 2.24) is 24.8 Å². The number of aromatic amines is 1. The van der Waals surface area contributed by atoms with Crippen molar-refractivity contribution in [2.75, 3.05) is 6.54 Å². The van der Waals surface area contributed by atoms with Crippen molar-refractivity contribution < 1.29 is 13.2 Å². The van der Waals surface area contributed by atoms with E-state index >= 15 is 0 Å². The maximum Gasteiger partial charge on any atom is 0.449 e. The second kappa shape index (κ2) is 6.17. The van der Waals surface area contributed by atoms with E-state index in [1.54, 1.807) is 6.20 Å². The van der Waals surface area contributed by atoms with Gasteiger partial charge in [-0.05, 0) is 24.3 Å². The van der Waals surface area contributed by atoms with Gasteiger partial charge in [0.1, 0.15) is 0 Å². The van der Waals surface area contributed by atoms with Crippen molar-refractivity contribution in [3.63, 3.8) is 0 Å². The van der Waals surface area contributed by atoms with Gasteiger partial charge in [-0.1, -0.05) is 0 Å². The largest absolute Gasteiger partial charge is 0.449 e. The normalized spacial score (nSPS) is 15.2. The molecule has 0 atom stereocenters. The van der Waals surface area contributed by atoms with Crippen LogP contribution in [0, 0.1) is 0 Å². The Morgan fingerprint density at radius 1 is 1.19 bits per heavy atom. The lowest BCUT2D eigenvalue weighted by Crippen LogP contribution is -2.36. The Morgan fingerprint density at radius 2 is 2.04 bits per heavy atom. The van der Waals surface area contributed by atoms with E-state index in [9.17, 15) is 18.0 Å². The maximum atomic E-state index is 12.8. The van der Waals surface area contributed by atoms with Crippen molar-refractivity contribution in [3.8, 4) is 0 Å². The number of rotatable bonds is 2. The Morgan fingerprint density at radius 3 is 2.85 bits per heavy atom. The molecule has 3 aromatic heterocycles. The van der Waals surface area contributed by atoms with Crippen LogP contribution in [-0.2, 0) is 25.7 Å². The van der Waals surface area contributed by atoms with E-state index in [0.29, 0.717) is 18.7 Å². The predicted molar refractivity (Wildman–Crippen MR) is 87.2 cm³/mol. The first-order chi connectivity index (χ1) is 12.4. The molecule has 26 heavy (non-hydrogen) atoms. The van der Waals surface area contributed by atoms with Gasteiger partial charge in [-0.25, -0.2) is 15.0 Å². The monoisotopic (exact) mass is 361 g/mol. The molecule has 4 heterocycles. The Hall–Kier alpha value is -2.81. The van der Waals surface area contributed by atoms with Gasteiger partial charge in [0.05, 0.1) is 17.0 Å². The summed E-state index contributed by atoms with van der Waals surface area (Å²) in [5.41, 5.74) is 1.18. The molecule has 0 aliphatic carbocycles. The molecule has 0 unspecified atom stereocenters. The molecule has 0 saturated heterocycles. The molecule has 134 valence electrons. The van der Waals surface area contributed by atoms with Crippen molar-refractivity contribution in [3.05, 3.63) is 63.6 Å². The summed E-state index contributed by atoms with van der Waals surface area (Å²) in [7, 11) is 0. The molecule has 1 aliphatic heterocycles. The van der Waals surface area contributed by atoms with Gasteiger partial charge in [-0.3, -0.25) is 9.69 Å². The summed E-state index contributed by atoms with van der Waals surface area (Å²) in [6.45, 7) is 1.22. The van der Waals surface area contributed by atoms with Gasteiger partial charge in [0.15, 0.2) is 5.65 Å². The summed E-state index contributed by atoms with van der Waals surface area (Å²) in [5.74, 6) is -1.24. The quantitative estimate of drug-likeness (QED) is 0.758. The fourth-order valence-electron chi connectivity index (χ4n) is 3.06. The topological polar surface area (TPSA) is 74.8 Å². The number of H-pyrrole nitrogens is 1. The first-order valence-corrected chi connectivity index (χ1v) is 8.02. The SMILES string of the molecule is O=c1[nH]c(C(F)(F)F)nc2c1CN(Cc1ccc3cccnc3n1)CC2. The molecule has 0 bridgehead atoms. The van der Waals surface area contributed by atoms with Gasteiger partial charge >= 0.3 is 6.18 Å². The van der Waals surface area contributed by atoms with Crippen molar-refractivity contribution >= 4 is 11.0 Å². The highest BCUT2D eigenvalue weighted by Crippen LogP contribution is 2.26. The molecule has 1 aliphatic rings. The first-order valence-electron chi connectivity index (χ1n) is 8.02. The van der Waals surface area contributed by atoms with Crippen molar-refractivity contribution in [1.29, 1.82) is 0 Å². The third-order valence-corrected chi connectivity index (χ3v) is 4.32. The first kappa shape index (κ1) is 16.6. The molecule has 6 nitrogen and oxygen atoms in total. The fraction of sp³-hybridized carbons (Fsp3) is 0.294. The van der Waals surface area contributed by atoms with Crippen LogP contribution < -0.4 is 5.56 Å². The van der Waals surface area contributed by atoms with Crippen LogP contribution in [0.15, 0.2) is 35.3 Å². The zero-order chi connectivity index (χ0) is 18.3. The number of nitrogens with zero attached hydrogens (tertiary/aromatic N) is 4. The van der Waals surface area contributed by atoms with Crippen LogP contribution in [0.2, 0.25) is 0 Å². The van der Waals surface area contributed by atoms with Gasteiger partial charge in [-0.2, -0.15) is 13.2 Å². The fourth-order valence-corrected chi connectivity index (χ4v) is 3.06. The minimum Gasteiger partial charge on any atom is -0.303 e. The van der Waals surface area contributed by atoms with Crippen LogP contribution in [0.4, 0.5) is 13.2 Å². The zero-order valence-electron chi connectivity index (χ0n) is 13.5. The van der Waals surface area contributed by atoms with E-state index < -0.39 is 17.6 Å². The summed E-state index contributed by atoms with van der Waals surface area (Å²) in [6.07, 6.45) is -2.71. The standard InChI is InChI=1S/C17H14F3N5O/c18-17(19,20)16-23-13-5-7-25(9-12(13)15(26)24-16)8-11-4-3-10-2-1-6-21-14(10)22-11/h1-4,6H,5,7-9H2,(H,23,24,26). The highest BCUT2D eigenvalue weighted by atomic mass is 19.4. The van der Waals surface area contributed by atoms with Gasteiger partial charge in [0, 0.05) is 37.6 Å². The second-order valence-corrected chi connectivity index (χ2v) is 6.15. The molecule has 0 fully saturated rings. The molecule has 9 heteroatoms. The number of alkyl halides is 3. The van der Waals surface area contributed by atoms with Crippen LogP contribution in [0.3, 0.4) is 0 Å². The number of nitrogens with one attached hydrogen (secondary N) is 1. The maximum absolute atomic E-state index is 12.8. The molecule has 0 spiro atoms. The van der Waals surface area contributed by atoms with E-state index in [2.05, 4.69) is 15.0 Å². The lowest BCUT2D eigenvalue weighted by Gasteiger charge is -2.27. The minimum atomic E-state index is -4.66. The molecule has 0 aromatic carbocycles. The van der Waals surface area contributed by atoms with Gasteiger partial charge in [0.25, 0.3) is 5.56 Å². The Balaban J connectivity index is 1.57. The third kappa shape index (κ3) is 3.17. The number of aromatic nitrogens is 4. The van der Waals surface area contributed by atoms with E-state index in [4.69, 9.17) is 0 Å². The Bertz CT molecular complexity index is 1030. The van der Waals surface area contributed by atoms with Crippen LogP contribution in [-0.4, -0.2) is 31.4 Å². The summed E-state index contributed by atoms with van der Waals surface area (Å²) in [6, 6.07) is 7.56. The van der Waals surface area contributed by atoms with Crippen molar-refractivity contribution in [2.45, 2.75) is 25.7 Å². The van der Waals surface area contributed by atoms with Gasteiger partial charge < -0.3 is 4.98 Å². The number of halogens is 3. The van der Waals surface area contributed by atoms with Crippen LogP contribution in [0.1, 0.15) is 22.8 Å². The van der Waals surface area contributed by atoms with Crippen LogP contribution in [0.5, 0.6) is 0 Å². The summed E-state index contributed by atoms with van der Waals surface area (Å²) < 4.78 is 38.3. The van der Waals surface area contributed by atoms with Gasteiger partial charge in [-0.15, -0.1) is 0 Å². The van der Waals surface area contributed by atoms with E-state index in [0.717, 1.165) is 11.1 Å². The van der Waals surface area contributed by atoms with Crippen LogP contribution in [0.25, 0.3) is 11.0 Å². The highest BCUT2D eigenvalue weighted by Gasteiger charge is 2.35. The molecular formula is C17H14F3N5O. The molecule has 0 saturated carbocycles. The third-order valence-electron chi connectivity index (χ3n) is 4.32. The molecule has 4 rings (SSSR count). The number of fused-ring (bicyclic) bond motifs is 2. The second-order valence-electron chi connectivity index (χ2n) is 6.15. The molecule has 1 N–H and O–H groups in total. The van der Waals surface area contributed by atoms with E-state index in [1.807, 2.05) is 34.1 Å². The highest BCUT2D eigenvalue weighted by molar-refractivity contribution is 5.74. The molecule has 0 amide bonds. The number of pyridine rings is 2. The summed E-state index contributed by atoms with van der Waals surface area (Å²) in [5, 5.41) is 0.931. The molecular weight excluding hydrogens is 347 g/mol. The van der Waals surface area contributed by atoms with E-state index in [-0.39, 0.29) is 24.2 Å². The smallest absolute Gasteiger partial charge is 0.303 e. The van der Waals surface area contributed by atoms with E-state index in [1.165, 1.54) is 0 Å². The summed E-state index contributed by atoms with van der Waals surface area (Å²) in [4.78, 5) is 28.2. The zero-order valence-corrected chi connectivity index (χ0v) is 13.5. The molecule has 3 aromatic rings. The Labute approximate surface area is 145 Å².